The molecular weight excluding hydrogens is 270 g/mol. The van der Waals surface area contributed by atoms with Crippen LogP contribution in [0.3, 0.4) is 0 Å². The second kappa shape index (κ2) is 5.18. The lowest BCUT2D eigenvalue weighted by molar-refractivity contribution is -0.137. The van der Waals surface area contributed by atoms with Gasteiger partial charge in [-0.2, -0.15) is 0 Å². The minimum atomic E-state index is -3.78. The fourth-order valence-corrected chi connectivity index (χ4v) is 3.51. The fraction of sp³-hybridized carbons (Fsp3) is 0.417. The number of sulfonamides is 1. The van der Waals surface area contributed by atoms with Crippen LogP contribution < -0.4 is 4.31 Å². The zero-order valence-corrected chi connectivity index (χ0v) is 11.3. The molecule has 7 heteroatoms. The van der Waals surface area contributed by atoms with E-state index in [-0.39, 0.29) is 6.54 Å². The van der Waals surface area contributed by atoms with Crippen LogP contribution in [0, 0.1) is 0 Å². The summed E-state index contributed by atoms with van der Waals surface area (Å²) in [6.07, 6.45) is -0.377. The predicted octanol–water partition coefficient (Wildman–Crippen LogP) is 0.433. The smallest absolute Gasteiger partial charge is 0.322 e. The van der Waals surface area contributed by atoms with Crippen LogP contribution in [0.4, 0.5) is 5.69 Å². The van der Waals surface area contributed by atoms with Crippen molar-refractivity contribution in [2.45, 2.75) is 12.5 Å². The van der Waals surface area contributed by atoms with Gasteiger partial charge in [-0.15, -0.1) is 0 Å². The number of benzene rings is 1. The summed E-state index contributed by atoms with van der Waals surface area (Å²) in [6.45, 7) is 0.150. The Morgan fingerprint density at radius 1 is 1.47 bits per heavy atom. The zero-order chi connectivity index (χ0) is 14.0. The molecule has 1 N–H and O–H groups in total. The third-order valence-electron chi connectivity index (χ3n) is 3.03. The van der Waals surface area contributed by atoms with Gasteiger partial charge >= 0.3 is 5.97 Å². The van der Waals surface area contributed by atoms with Crippen LogP contribution in [0.5, 0.6) is 0 Å². The molecule has 0 aliphatic carbocycles. The Morgan fingerprint density at radius 2 is 2.16 bits per heavy atom. The van der Waals surface area contributed by atoms with E-state index in [1.54, 1.807) is 24.3 Å². The number of aliphatic hydroxyl groups is 1. The van der Waals surface area contributed by atoms with Crippen molar-refractivity contribution in [3.8, 4) is 0 Å². The molecule has 0 fully saturated rings. The quantitative estimate of drug-likeness (QED) is 0.814. The van der Waals surface area contributed by atoms with E-state index in [9.17, 15) is 18.3 Å². The molecule has 0 saturated carbocycles. The van der Waals surface area contributed by atoms with Gasteiger partial charge in [0.05, 0.1) is 18.9 Å². The van der Waals surface area contributed by atoms with Crippen LogP contribution in [-0.4, -0.2) is 38.9 Å². The lowest BCUT2D eigenvalue weighted by Gasteiger charge is -2.32. The molecule has 0 radical (unpaired) electrons. The Morgan fingerprint density at radius 3 is 2.84 bits per heavy atom. The topological polar surface area (TPSA) is 83.9 Å². The molecule has 1 heterocycles. The van der Waals surface area contributed by atoms with E-state index in [0.717, 1.165) is 11.4 Å². The molecule has 1 aliphatic rings. The van der Waals surface area contributed by atoms with Gasteiger partial charge in [0.15, 0.2) is 5.75 Å². The molecule has 104 valence electrons. The maximum absolute atomic E-state index is 12.2. The van der Waals surface area contributed by atoms with Crippen molar-refractivity contribution >= 4 is 21.7 Å². The van der Waals surface area contributed by atoms with Crippen molar-refractivity contribution in [3.63, 3.8) is 0 Å². The van der Waals surface area contributed by atoms with Gasteiger partial charge in [-0.3, -0.25) is 9.10 Å². The number of aliphatic hydroxyl groups excluding tert-OH is 1. The van der Waals surface area contributed by atoms with Crippen molar-refractivity contribution < 1.29 is 23.1 Å². The first-order valence-corrected chi connectivity index (χ1v) is 7.41. The number of methoxy groups -OCH3 is 1. The summed E-state index contributed by atoms with van der Waals surface area (Å²) in [5.41, 5.74) is 0.979. The molecule has 1 unspecified atom stereocenters. The van der Waals surface area contributed by atoms with Gasteiger partial charge in [-0.1, -0.05) is 18.2 Å². The Kier molecular flexibility index (Phi) is 3.77. The van der Waals surface area contributed by atoms with Crippen LogP contribution in [0.25, 0.3) is 0 Å². The summed E-state index contributed by atoms with van der Waals surface area (Å²) < 4.78 is 29.9. The van der Waals surface area contributed by atoms with Crippen LogP contribution in [0.1, 0.15) is 18.1 Å². The highest BCUT2D eigenvalue weighted by Gasteiger charge is 2.32. The van der Waals surface area contributed by atoms with Gasteiger partial charge in [0, 0.05) is 12.1 Å². The third-order valence-corrected chi connectivity index (χ3v) is 4.69. The Hall–Kier alpha value is -1.60. The first kappa shape index (κ1) is 13.8. The van der Waals surface area contributed by atoms with Crippen molar-refractivity contribution in [2.24, 2.45) is 0 Å². The second-order valence-electron chi connectivity index (χ2n) is 4.27. The fourth-order valence-electron chi connectivity index (χ4n) is 2.09. The molecular formula is C12H15NO5S. The first-order chi connectivity index (χ1) is 8.95. The number of carbonyl (C=O) groups is 1. The number of nitrogens with zero attached hydrogens (tertiary/aromatic N) is 1. The van der Waals surface area contributed by atoms with E-state index in [1.807, 2.05) is 0 Å². The normalized spacial score (nSPS) is 18.8. The van der Waals surface area contributed by atoms with Crippen LogP contribution in [0.15, 0.2) is 24.3 Å². The molecule has 2 rings (SSSR count). The first-order valence-electron chi connectivity index (χ1n) is 5.80. The highest BCUT2D eigenvalue weighted by Crippen LogP contribution is 2.35. The summed E-state index contributed by atoms with van der Waals surface area (Å²) in [6, 6.07) is 6.72. The Labute approximate surface area is 111 Å². The van der Waals surface area contributed by atoms with Gasteiger partial charge in [0.2, 0.25) is 10.0 Å². The molecule has 6 nitrogen and oxygen atoms in total. The van der Waals surface area contributed by atoms with E-state index in [2.05, 4.69) is 4.74 Å². The Bertz CT molecular complexity index is 584. The average molecular weight is 285 g/mol. The molecule has 1 aliphatic heterocycles. The number of anilines is 1. The summed E-state index contributed by atoms with van der Waals surface area (Å²) in [7, 11) is -2.64. The number of para-hydroxylation sites is 1. The number of ether oxygens (including phenoxy) is 1. The third kappa shape index (κ3) is 2.71. The van der Waals surface area contributed by atoms with Gasteiger partial charge in [-0.05, 0) is 12.5 Å². The molecule has 0 bridgehead atoms. The molecule has 0 aromatic heterocycles. The number of hydrogen-bond donors (Lipinski definition) is 1. The Balaban J connectivity index is 2.37. The highest BCUT2D eigenvalue weighted by molar-refractivity contribution is 7.93. The van der Waals surface area contributed by atoms with E-state index >= 15 is 0 Å². The number of rotatable bonds is 3. The van der Waals surface area contributed by atoms with Crippen molar-refractivity contribution in [3.05, 3.63) is 29.8 Å². The predicted molar refractivity (Wildman–Crippen MR) is 69.2 cm³/mol. The molecule has 0 amide bonds. The SMILES string of the molecule is COC(=O)CS(=O)(=O)N1CCC(O)c2ccccc21. The number of hydrogen-bond acceptors (Lipinski definition) is 5. The molecule has 1 atom stereocenters. The van der Waals surface area contributed by atoms with Gasteiger partial charge in [-0.25, -0.2) is 8.42 Å². The summed E-state index contributed by atoms with van der Waals surface area (Å²) >= 11 is 0. The summed E-state index contributed by atoms with van der Waals surface area (Å²) in [5.74, 6) is -1.50. The van der Waals surface area contributed by atoms with Gasteiger partial charge < -0.3 is 9.84 Å². The van der Waals surface area contributed by atoms with Crippen LogP contribution in [0.2, 0.25) is 0 Å². The van der Waals surface area contributed by atoms with Crippen LogP contribution >= 0.6 is 0 Å². The van der Waals surface area contributed by atoms with Gasteiger partial charge in [0.1, 0.15) is 0 Å². The number of carbonyl (C=O) groups excluding carboxylic acids is 1. The molecule has 19 heavy (non-hydrogen) atoms. The van der Waals surface area contributed by atoms with E-state index in [1.165, 1.54) is 0 Å². The zero-order valence-electron chi connectivity index (χ0n) is 10.4. The van der Waals surface area contributed by atoms with Crippen molar-refractivity contribution in [2.75, 3.05) is 23.7 Å². The lowest BCUT2D eigenvalue weighted by Crippen LogP contribution is -2.40. The summed E-state index contributed by atoms with van der Waals surface area (Å²) in [4.78, 5) is 11.2. The van der Waals surface area contributed by atoms with Crippen molar-refractivity contribution in [1.29, 1.82) is 0 Å². The maximum Gasteiger partial charge on any atom is 0.322 e. The highest BCUT2D eigenvalue weighted by atomic mass is 32.2. The molecule has 1 aromatic rings. The monoisotopic (exact) mass is 285 g/mol. The minimum Gasteiger partial charge on any atom is -0.468 e. The standard InChI is InChI=1S/C12H15NO5S/c1-18-12(15)8-19(16,17)13-7-6-11(14)9-4-2-3-5-10(9)13/h2-5,11,14H,6-8H2,1H3. The minimum absolute atomic E-state index is 0.150. The van der Waals surface area contributed by atoms with Gasteiger partial charge in [0.25, 0.3) is 0 Å². The number of esters is 1. The maximum atomic E-state index is 12.2. The lowest BCUT2D eigenvalue weighted by atomic mass is 10.0. The molecule has 0 spiro atoms. The molecule has 1 aromatic carbocycles. The number of fused-ring (bicyclic) bond motifs is 1. The van der Waals surface area contributed by atoms with E-state index in [0.29, 0.717) is 17.7 Å². The largest absolute Gasteiger partial charge is 0.468 e. The van der Waals surface area contributed by atoms with E-state index < -0.39 is 27.8 Å². The molecule has 0 saturated heterocycles. The second-order valence-corrected chi connectivity index (χ2v) is 6.16. The van der Waals surface area contributed by atoms with Crippen LogP contribution in [-0.2, 0) is 19.6 Å². The van der Waals surface area contributed by atoms with E-state index in [4.69, 9.17) is 0 Å². The average Bonchev–Trinajstić information content (AvgIpc) is 2.38. The van der Waals surface area contributed by atoms with Crippen molar-refractivity contribution in [1.82, 2.24) is 0 Å². The summed E-state index contributed by atoms with van der Waals surface area (Å²) in [5, 5.41) is 9.86.